The van der Waals surface area contributed by atoms with E-state index < -0.39 is 60.8 Å². The van der Waals surface area contributed by atoms with E-state index >= 15 is 0 Å². The normalized spacial score (nSPS) is 21.1. The maximum atomic E-state index is 12.8. The van der Waals surface area contributed by atoms with Gasteiger partial charge in [0.2, 0.25) is 12.7 Å². The zero-order valence-electron chi connectivity index (χ0n) is 23.8. The van der Waals surface area contributed by atoms with E-state index in [4.69, 9.17) is 23.0 Å². The van der Waals surface area contributed by atoms with Gasteiger partial charge in [-0.3, -0.25) is 28.2 Å². The smallest absolute Gasteiger partial charge is 0.469 e. The van der Waals surface area contributed by atoms with Crippen LogP contribution in [0.4, 0.5) is 0 Å². The molecule has 0 bridgehead atoms. The average Bonchev–Trinajstić information content (AvgIpc) is 2.79. The van der Waals surface area contributed by atoms with Crippen molar-refractivity contribution >= 4 is 31.6 Å². The molecule has 218 valence electrons. The summed E-state index contributed by atoms with van der Waals surface area (Å²) in [5, 5.41) is 2.52. The van der Waals surface area contributed by atoms with Crippen LogP contribution in [0.15, 0.2) is 0 Å². The predicted octanol–water partition coefficient (Wildman–Crippen LogP) is 4.01. The monoisotopic (exact) mass is 555 g/mol. The summed E-state index contributed by atoms with van der Waals surface area (Å²) < 4.78 is 43.2. The second-order valence-electron chi connectivity index (χ2n) is 10.7. The molecule has 1 unspecified atom stereocenters. The second kappa shape index (κ2) is 14.8. The Balaban J connectivity index is 0. The molecule has 1 aliphatic heterocycles. The van der Waals surface area contributed by atoms with Crippen LogP contribution in [0, 0.1) is 16.2 Å². The third-order valence-corrected chi connectivity index (χ3v) is 6.23. The van der Waals surface area contributed by atoms with Gasteiger partial charge >= 0.3 is 25.7 Å². The highest BCUT2D eigenvalue weighted by atomic mass is 31.2. The zero-order valence-corrected chi connectivity index (χ0v) is 24.7. The molecule has 1 aliphatic rings. The third-order valence-electron chi connectivity index (χ3n) is 4.89. The summed E-state index contributed by atoms with van der Waals surface area (Å²) in [6.45, 7) is 15.1. The Kier molecular flexibility index (Phi) is 14.0. The molecule has 1 heterocycles. The standard InChI is InChI=1S/C22H38NO11P.C2H6.H2/c1-20(2,3)19(27)30-12-21(4,5)11-16(25)31-14-33-35(28)32-13-22(6,7)17(34-35)18(26)23-10-9-15(24)29-8;1-2;/h17H,9-14H2,1-8H3,(H,23,26);1-2H3;1H/t17-,35?;;/m0../s1. The molecule has 2 atom stereocenters. The number of hydrogen-bond donors (Lipinski definition) is 1. The topological polar surface area (TPSA) is 153 Å². The largest absolute Gasteiger partial charge is 0.478 e. The van der Waals surface area contributed by atoms with Gasteiger partial charge in [0.15, 0.2) is 6.10 Å². The fraction of sp³-hybridized carbons (Fsp3) is 0.833. The number of nitrogens with one attached hydrogen (secondary N) is 1. The molecular weight excluding hydrogens is 509 g/mol. The Labute approximate surface area is 221 Å². The average molecular weight is 556 g/mol. The van der Waals surface area contributed by atoms with Crippen molar-refractivity contribution in [1.29, 1.82) is 0 Å². The summed E-state index contributed by atoms with van der Waals surface area (Å²) in [6.07, 6.45) is -1.34. The molecule has 0 aliphatic carbocycles. The number of hydrogen-bond acceptors (Lipinski definition) is 11. The van der Waals surface area contributed by atoms with Gasteiger partial charge in [-0.1, -0.05) is 41.5 Å². The number of ether oxygens (including phenoxy) is 3. The number of carbonyl (C=O) groups is 4. The van der Waals surface area contributed by atoms with E-state index in [2.05, 4.69) is 10.1 Å². The first-order valence-corrected chi connectivity index (χ1v) is 13.6. The lowest BCUT2D eigenvalue weighted by Gasteiger charge is -2.39. The van der Waals surface area contributed by atoms with Crippen LogP contribution in [0.25, 0.3) is 0 Å². The van der Waals surface area contributed by atoms with Crippen molar-refractivity contribution in [3.8, 4) is 0 Å². The van der Waals surface area contributed by atoms with Gasteiger partial charge in [-0.15, -0.1) is 0 Å². The Morgan fingerprint density at radius 2 is 1.65 bits per heavy atom. The van der Waals surface area contributed by atoms with Crippen molar-refractivity contribution in [1.82, 2.24) is 5.32 Å². The van der Waals surface area contributed by atoms with Crippen LogP contribution in [0.2, 0.25) is 0 Å². The van der Waals surface area contributed by atoms with Crippen LogP contribution >= 0.6 is 7.82 Å². The van der Waals surface area contributed by atoms with Crippen LogP contribution in [0.1, 0.15) is 76.6 Å². The van der Waals surface area contributed by atoms with Crippen molar-refractivity contribution in [3.05, 3.63) is 0 Å². The van der Waals surface area contributed by atoms with E-state index in [1.807, 2.05) is 13.8 Å². The van der Waals surface area contributed by atoms with E-state index in [-0.39, 0.29) is 34.0 Å². The van der Waals surface area contributed by atoms with Crippen LogP contribution in [0.5, 0.6) is 0 Å². The molecule has 0 spiro atoms. The van der Waals surface area contributed by atoms with Gasteiger partial charge in [0.1, 0.15) is 0 Å². The molecule has 1 fully saturated rings. The number of phosphoric ester groups is 1. The molecule has 13 heteroatoms. The van der Waals surface area contributed by atoms with E-state index in [1.54, 1.807) is 48.5 Å². The van der Waals surface area contributed by atoms with Gasteiger partial charge in [0.25, 0.3) is 0 Å². The van der Waals surface area contributed by atoms with Crippen LogP contribution < -0.4 is 5.32 Å². The fourth-order valence-electron chi connectivity index (χ4n) is 2.70. The highest BCUT2D eigenvalue weighted by Gasteiger charge is 2.49. The molecule has 12 nitrogen and oxygen atoms in total. The minimum absolute atomic E-state index is 0. The zero-order chi connectivity index (χ0) is 29.1. The molecule has 0 aromatic carbocycles. The third kappa shape index (κ3) is 12.9. The highest BCUT2D eigenvalue weighted by Crippen LogP contribution is 2.57. The molecular formula is C24H46NO11P. The number of carbonyl (C=O) groups excluding carboxylic acids is 4. The van der Waals surface area contributed by atoms with Crippen molar-refractivity contribution in [2.75, 3.05) is 33.7 Å². The van der Waals surface area contributed by atoms with E-state index in [1.165, 1.54) is 7.11 Å². The number of esters is 3. The van der Waals surface area contributed by atoms with Gasteiger partial charge in [-0.05, 0) is 20.8 Å². The Morgan fingerprint density at radius 3 is 2.19 bits per heavy atom. The molecule has 0 saturated carbocycles. The predicted molar refractivity (Wildman–Crippen MR) is 136 cm³/mol. The fourth-order valence-corrected chi connectivity index (χ4v) is 4.21. The summed E-state index contributed by atoms with van der Waals surface area (Å²) in [5.74, 6) is -2.17. The first-order chi connectivity index (χ1) is 16.9. The number of rotatable bonds is 11. The van der Waals surface area contributed by atoms with Crippen LogP contribution in [-0.2, 0) is 51.5 Å². The van der Waals surface area contributed by atoms with Gasteiger partial charge < -0.3 is 19.5 Å². The van der Waals surface area contributed by atoms with E-state index in [9.17, 15) is 23.7 Å². The maximum absolute atomic E-state index is 12.8. The minimum atomic E-state index is -4.21. The number of methoxy groups -OCH3 is 1. The van der Waals surface area contributed by atoms with Crippen molar-refractivity contribution in [3.63, 3.8) is 0 Å². The SMILES string of the molecule is CC.COC(=O)CCNC(=O)[C@@H]1OP(=O)(OCOC(=O)CC(C)(C)COC(=O)C(C)(C)C)OCC1(C)C.[HH]. The first-order valence-electron chi connectivity index (χ1n) is 12.2. The molecule has 1 N–H and O–H groups in total. The van der Waals surface area contributed by atoms with E-state index in [0.29, 0.717) is 0 Å². The van der Waals surface area contributed by atoms with Gasteiger partial charge in [-0.25, -0.2) is 9.09 Å². The first kappa shape index (κ1) is 35.0. The Hall–Kier alpha value is -2.01. The summed E-state index contributed by atoms with van der Waals surface area (Å²) >= 11 is 0. The quantitative estimate of drug-likeness (QED) is 0.170. The summed E-state index contributed by atoms with van der Waals surface area (Å²) in [6, 6.07) is 0. The lowest BCUT2D eigenvalue weighted by atomic mass is 9.87. The van der Waals surface area contributed by atoms with Crippen LogP contribution in [-0.4, -0.2) is 63.6 Å². The second-order valence-corrected chi connectivity index (χ2v) is 12.4. The van der Waals surface area contributed by atoms with Crippen molar-refractivity contribution in [2.24, 2.45) is 16.2 Å². The van der Waals surface area contributed by atoms with Crippen molar-refractivity contribution in [2.45, 2.75) is 81.3 Å². The maximum Gasteiger partial charge on any atom is 0.478 e. The highest BCUT2D eigenvalue weighted by molar-refractivity contribution is 7.48. The minimum Gasteiger partial charge on any atom is -0.469 e. The summed E-state index contributed by atoms with van der Waals surface area (Å²) in [7, 11) is -2.98. The summed E-state index contributed by atoms with van der Waals surface area (Å²) in [5.41, 5.74) is -2.23. The molecule has 0 aromatic rings. The molecule has 37 heavy (non-hydrogen) atoms. The molecule has 0 radical (unpaired) electrons. The van der Waals surface area contributed by atoms with E-state index in [0.717, 1.165) is 0 Å². The molecule has 1 saturated heterocycles. The van der Waals surface area contributed by atoms with Gasteiger partial charge in [0, 0.05) is 18.8 Å². The molecule has 1 amide bonds. The Bertz CT molecular complexity index is 840. The number of amides is 1. The Morgan fingerprint density at radius 1 is 1.05 bits per heavy atom. The number of phosphoric acid groups is 1. The van der Waals surface area contributed by atoms with Crippen molar-refractivity contribution < 1.29 is 53.0 Å². The lowest BCUT2D eigenvalue weighted by molar-refractivity contribution is -0.163. The summed E-state index contributed by atoms with van der Waals surface area (Å²) in [4.78, 5) is 47.9. The van der Waals surface area contributed by atoms with Gasteiger partial charge in [-0.2, -0.15) is 0 Å². The lowest BCUT2D eigenvalue weighted by Crippen LogP contribution is -2.50. The molecule has 1 rings (SSSR count). The molecule has 0 aromatic heterocycles. The van der Waals surface area contributed by atoms with Crippen LogP contribution in [0.3, 0.4) is 0 Å². The van der Waals surface area contributed by atoms with Gasteiger partial charge in [0.05, 0.1) is 38.6 Å².